The van der Waals surface area contributed by atoms with Gasteiger partial charge in [-0.05, 0) is 38.9 Å². The number of hydrogen-bond acceptors (Lipinski definition) is 4. The Morgan fingerprint density at radius 3 is 2.59 bits per heavy atom. The molecule has 0 unspecified atom stereocenters. The monoisotopic (exact) mass is 373 g/mol. The Morgan fingerprint density at radius 1 is 1.15 bits per heavy atom. The highest BCUT2D eigenvalue weighted by molar-refractivity contribution is 6.03. The molecule has 3 rings (SSSR count). The van der Waals surface area contributed by atoms with E-state index >= 15 is 0 Å². The first kappa shape index (κ1) is 19.7. The summed E-state index contributed by atoms with van der Waals surface area (Å²) in [5.74, 6) is 0.427. The fraction of sp³-hybridized carbons (Fsp3) is 0.619. The molecule has 27 heavy (non-hydrogen) atoms. The second kappa shape index (κ2) is 8.74. The van der Waals surface area contributed by atoms with Crippen LogP contribution in [0.1, 0.15) is 39.0 Å². The van der Waals surface area contributed by atoms with Crippen LogP contribution in [0.3, 0.4) is 0 Å². The van der Waals surface area contributed by atoms with Gasteiger partial charge in [-0.2, -0.15) is 0 Å². The first-order chi connectivity index (χ1) is 13.0. The summed E-state index contributed by atoms with van der Waals surface area (Å²) in [7, 11) is 3.97. The van der Waals surface area contributed by atoms with Gasteiger partial charge in [0.1, 0.15) is 12.3 Å². The van der Waals surface area contributed by atoms with Crippen molar-refractivity contribution in [3.05, 3.63) is 24.3 Å². The van der Waals surface area contributed by atoms with Gasteiger partial charge in [-0.1, -0.05) is 31.4 Å². The van der Waals surface area contributed by atoms with Gasteiger partial charge < -0.3 is 14.5 Å². The number of hydrogen-bond donors (Lipinski definition) is 0. The van der Waals surface area contributed by atoms with Gasteiger partial charge in [-0.25, -0.2) is 0 Å². The normalized spacial score (nSPS) is 20.4. The summed E-state index contributed by atoms with van der Waals surface area (Å²) in [6.07, 6.45) is 5.89. The molecule has 1 atom stereocenters. The van der Waals surface area contributed by atoms with Gasteiger partial charge in [0.2, 0.25) is 5.91 Å². The van der Waals surface area contributed by atoms with Gasteiger partial charge in [0.15, 0.2) is 6.10 Å². The molecule has 0 aromatic heterocycles. The average molecular weight is 373 g/mol. The van der Waals surface area contributed by atoms with Crippen molar-refractivity contribution in [1.29, 1.82) is 0 Å². The van der Waals surface area contributed by atoms with Crippen LogP contribution in [0.2, 0.25) is 0 Å². The van der Waals surface area contributed by atoms with Crippen molar-refractivity contribution in [3.63, 3.8) is 0 Å². The number of nitrogens with zero attached hydrogens (tertiary/aromatic N) is 3. The lowest BCUT2D eigenvalue weighted by atomic mass is 9.94. The number of rotatable bonds is 6. The van der Waals surface area contributed by atoms with Gasteiger partial charge in [0, 0.05) is 26.2 Å². The molecule has 1 aromatic rings. The lowest BCUT2D eigenvalue weighted by molar-refractivity contribution is -0.132. The molecule has 0 saturated heterocycles. The van der Waals surface area contributed by atoms with E-state index < -0.39 is 6.10 Å². The highest BCUT2D eigenvalue weighted by Crippen LogP contribution is 2.33. The summed E-state index contributed by atoms with van der Waals surface area (Å²) in [6, 6.07) is 8.01. The molecule has 0 N–H and O–H groups in total. The minimum atomic E-state index is -0.574. The number of para-hydroxylation sites is 2. The molecular formula is C21H31N3O3. The zero-order valence-corrected chi connectivity index (χ0v) is 16.7. The summed E-state index contributed by atoms with van der Waals surface area (Å²) in [5, 5.41) is 0. The van der Waals surface area contributed by atoms with Crippen LogP contribution in [0.25, 0.3) is 0 Å². The van der Waals surface area contributed by atoms with Crippen LogP contribution in [-0.2, 0) is 9.59 Å². The smallest absolute Gasteiger partial charge is 0.268 e. The first-order valence-electron chi connectivity index (χ1n) is 9.98. The molecule has 0 spiro atoms. The Hall–Kier alpha value is -2.08. The molecule has 1 heterocycles. The second-order valence-electron chi connectivity index (χ2n) is 7.74. The first-order valence-corrected chi connectivity index (χ1v) is 9.98. The van der Waals surface area contributed by atoms with Crippen LogP contribution in [0.5, 0.6) is 5.75 Å². The van der Waals surface area contributed by atoms with Crippen LogP contribution in [0.15, 0.2) is 24.3 Å². The van der Waals surface area contributed by atoms with Crippen molar-refractivity contribution < 1.29 is 14.3 Å². The fourth-order valence-electron chi connectivity index (χ4n) is 3.91. The number of carbonyl (C=O) groups excluding carboxylic acids is 2. The van der Waals surface area contributed by atoms with Gasteiger partial charge in [-0.15, -0.1) is 0 Å². The maximum absolute atomic E-state index is 12.7. The molecular weight excluding hydrogens is 342 g/mol. The maximum atomic E-state index is 12.7. The largest absolute Gasteiger partial charge is 0.479 e. The van der Waals surface area contributed by atoms with Crippen molar-refractivity contribution in [2.75, 3.05) is 38.6 Å². The Bertz CT molecular complexity index is 672. The number of benzene rings is 1. The molecule has 2 amide bonds. The van der Waals surface area contributed by atoms with Crippen LogP contribution < -0.4 is 9.64 Å². The number of carbonyl (C=O) groups is 2. The topological polar surface area (TPSA) is 53.1 Å². The zero-order valence-electron chi connectivity index (χ0n) is 16.7. The molecule has 1 fully saturated rings. The van der Waals surface area contributed by atoms with Gasteiger partial charge in [0.25, 0.3) is 5.91 Å². The van der Waals surface area contributed by atoms with Crippen molar-refractivity contribution >= 4 is 17.5 Å². The lowest BCUT2D eigenvalue weighted by Gasteiger charge is -2.34. The molecule has 1 aromatic carbocycles. The molecule has 0 bridgehead atoms. The van der Waals surface area contributed by atoms with E-state index in [4.69, 9.17) is 4.74 Å². The summed E-state index contributed by atoms with van der Waals surface area (Å²) in [6.45, 7) is 3.30. The van der Waals surface area contributed by atoms with Crippen molar-refractivity contribution in [2.24, 2.45) is 0 Å². The van der Waals surface area contributed by atoms with Crippen LogP contribution in [-0.4, -0.2) is 67.5 Å². The summed E-state index contributed by atoms with van der Waals surface area (Å²) < 4.78 is 5.64. The highest BCUT2D eigenvalue weighted by atomic mass is 16.5. The quantitative estimate of drug-likeness (QED) is 0.769. The van der Waals surface area contributed by atoms with E-state index in [0.29, 0.717) is 24.0 Å². The molecule has 6 nitrogen and oxygen atoms in total. The number of anilines is 1. The minimum Gasteiger partial charge on any atom is -0.479 e. The molecule has 1 saturated carbocycles. The zero-order chi connectivity index (χ0) is 19.4. The third-order valence-electron chi connectivity index (χ3n) is 5.78. The number of fused-ring (bicyclic) bond motifs is 1. The van der Waals surface area contributed by atoms with Gasteiger partial charge in [-0.3, -0.25) is 14.5 Å². The number of amides is 2. The predicted molar refractivity (Wildman–Crippen MR) is 106 cm³/mol. The van der Waals surface area contributed by atoms with E-state index in [-0.39, 0.29) is 18.4 Å². The summed E-state index contributed by atoms with van der Waals surface area (Å²) >= 11 is 0. The molecule has 148 valence electrons. The Labute approximate surface area is 162 Å². The predicted octanol–water partition coefficient (Wildman–Crippen LogP) is 2.52. The third kappa shape index (κ3) is 4.61. The van der Waals surface area contributed by atoms with E-state index in [2.05, 4.69) is 11.9 Å². The second-order valence-corrected chi connectivity index (χ2v) is 7.74. The van der Waals surface area contributed by atoms with Gasteiger partial charge in [0.05, 0.1) is 5.69 Å². The van der Waals surface area contributed by atoms with E-state index in [1.165, 1.54) is 32.1 Å². The van der Waals surface area contributed by atoms with Crippen LogP contribution in [0, 0.1) is 0 Å². The molecule has 1 aliphatic heterocycles. The summed E-state index contributed by atoms with van der Waals surface area (Å²) in [5.41, 5.74) is 0.668. The summed E-state index contributed by atoms with van der Waals surface area (Å²) in [4.78, 5) is 30.9. The van der Waals surface area contributed by atoms with E-state index in [9.17, 15) is 9.59 Å². The highest BCUT2D eigenvalue weighted by Gasteiger charge is 2.33. The number of likely N-dealkylation sites (N-methyl/N-ethyl adjacent to an activating group) is 2. The van der Waals surface area contributed by atoms with Crippen LogP contribution >= 0.6 is 0 Å². The van der Waals surface area contributed by atoms with E-state index in [0.717, 1.165) is 6.54 Å². The molecule has 0 radical (unpaired) electrons. The third-order valence-corrected chi connectivity index (χ3v) is 5.78. The SMILES string of the molecule is C[C@@H]1Oc2ccccc2N(CC(=O)N(C)CCN(C)C2CCCCC2)C1=O. The minimum absolute atomic E-state index is 0.0488. The van der Waals surface area contributed by atoms with Gasteiger partial charge >= 0.3 is 0 Å². The van der Waals surface area contributed by atoms with Crippen molar-refractivity contribution in [1.82, 2.24) is 9.80 Å². The van der Waals surface area contributed by atoms with Crippen molar-refractivity contribution in [3.8, 4) is 5.75 Å². The Morgan fingerprint density at radius 2 is 1.85 bits per heavy atom. The molecule has 1 aliphatic carbocycles. The standard InChI is InChI=1S/C21H31N3O3/c1-16-21(26)24(18-11-7-8-12-19(18)27-16)15-20(25)23(3)14-13-22(2)17-9-5-4-6-10-17/h7-8,11-12,16-17H,4-6,9-10,13-15H2,1-3H3/t16-/m0/s1. The maximum Gasteiger partial charge on any atom is 0.268 e. The molecule has 2 aliphatic rings. The van der Waals surface area contributed by atoms with E-state index in [1.54, 1.807) is 16.7 Å². The van der Waals surface area contributed by atoms with Crippen molar-refractivity contribution in [2.45, 2.75) is 51.2 Å². The van der Waals surface area contributed by atoms with E-state index in [1.807, 2.05) is 31.3 Å². The Kier molecular flexibility index (Phi) is 6.37. The Balaban J connectivity index is 1.57. The average Bonchev–Trinajstić information content (AvgIpc) is 2.69. The lowest BCUT2D eigenvalue weighted by Crippen LogP contribution is -2.50. The molecule has 6 heteroatoms. The number of ether oxygens (including phenoxy) is 1. The fourth-order valence-corrected chi connectivity index (χ4v) is 3.91. The van der Waals surface area contributed by atoms with Crippen LogP contribution in [0.4, 0.5) is 5.69 Å².